The summed E-state index contributed by atoms with van der Waals surface area (Å²) in [4.78, 5) is 40.6. The van der Waals surface area contributed by atoms with E-state index in [2.05, 4.69) is 5.32 Å². The summed E-state index contributed by atoms with van der Waals surface area (Å²) in [6, 6.07) is 6.71. The number of carbonyl (C=O) groups excluding carboxylic acids is 3. The van der Waals surface area contributed by atoms with E-state index in [1.807, 2.05) is 18.4 Å². The molecule has 152 valence electrons. The Bertz CT molecular complexity index is 772. The Morgan fingerprint density at radius 2 is 1.93 bits per heavy atom. The number of likely N-dealkylation sites (tertiary alicyclic amines) is 1. The Balaban J connectivity index is 2.11. The van der Waals surface area contributed by atoms with Crippen LogP contribution in [0.1, 0.15) is 31.9 Å². The molecule has 3 rings (SSSR count). The third-order valence-electron chi connectivity index (χ3n) is 5.63. The van der Waals surface area contributed by atoms with E-state index < -0.39 is 29.4 Å². The summed E-state index contributed by atoms with van der Waals surface area (Å²) in [5.74, 6) is -1.74. The molecule has 6 nitrogen and oxygen atoms in total. The molecule has 2 aliphatic rings. The van der Waals surface area contributed by atoms with Crippen LogP contribution in [0.25, 0.3) is 0 Å². The Morgan fingerprint density at radius 1 is 1.25 bits per heavy atom. The van der Waals surface area contributed by atoms with Gasteiger partial charge in [0.2, 0.25) is 11.8 Å². The Kier molecular flexibility index (Phi) is 6.37. The van der Waals surface area contributed by atoms with Crippen LogP contribution in [0.4, 0.5) is 0 Å². The van der Waals surface area contributed by atoms with E-state index in [-0.39, 0.29) is 18.4 Å². The van der Waals surface area contributed by atoms with Gasteiger partial charge < -0.3 is 4.74 Å². The smallest absolute Gasteiger partial charge is 0.327 e. The standard InChI is InChI=1S/C20H25ClN2O4S/c1-4-23-17(24)14-15(18(23)25)20(10-11-28-3,19(26)27-5-2)22-16(14)12-6-8-13(21)9-7-12/h6-9,14-16,22H,4-5,10-11H2,1-3H3/t14-,15+,16-,20+/m0/s1. The number of rotatable bonds is 7. The van der Waals surface area contributed by atoms with Crippen molar-refractivity contribution in [1.82, 2.24) is 10.2 Å². The molecule has 0 aromatic heterocycles. The molecule has 28 heavy (non-hydrogen) atoms. The lowest BCUT2D eigenvalue weighted by atomic mass is 9.78. The summed E-state index contributed by atoms with van der Waals surface area (Å²) in [6.07, 6.45) is 2.36. The number of nitrogens with zero attached hydrogens (tertiary/aromatic N) is 1. The number of thioether (sulfide) groups is 1. The fourth-order valence-corrected chi connectivity index (χ4v) is 5.03. The Hall–Kier alpha value is -1.57. The molecule has 2 aliphatic heterocycles. The first kappa shape index (κ1) is 21.1. The SMILES string of the molecule is CCOC(=O)[C@]1(CCSC)N[C@@H](c2ccc(Cl)cc2)[C@H]2C(=O)N(CC)C(=O)[C@@H]21. The van der Waals surface area contributed by atoms with Crippen LogP contribution in [0.15, 0.2) is 24.3 Å². The molecule has 2 heterocycles. The normalized spacial score (nSPS) is 29.3. The average molecular weight is 425 g/mol. The summed E-state index contributed by atoms with van der Waals surface area (Å²) in [7, 11) is 0. The van der Waals surface area contributed by atoms with Crippen molar-refractivity contribution in [2.45, 2.75) is 31.8 Å². The highest BCUT2D eigenvalue weighted by molar-refractivity contribution is 7.98. The molecule has 1 N–H and O–H groups in total. The van der Waals surface area contributed by atoms with Gasteiger partial charge in [0.25, 0.3) is 0 Å². The molecule has 4 atom stereocenters. The largest absolute Gasteiger partial charge is 0.465 e. The summed E-state index contributed by atoms with van der Waals surface area (Å²) >= 11 is 7.61. The molecule has 2 amide bonds. The number of fused-ring (bicyclic) bond motifs is 1. The van der Waals surface area contributed by atoms with Gasteiger partial charge in [-0.1, -0.05) is 23.7 Å². The van der Waals surface area contributed by atoms with E-state index in [4.69, 9.17) is 16.3 Å². The first-order chi connectivity index (χ1) is 13.4. The van der Waals surface area contributed by atoms with E-state index in [0.717, 1.165) is 5.56 Å². The average Bonchev–Trinajstić information content (AvgIpc) is 3.15. The van der Waals surface area contributed by atoms with Gasteiger partial charge in [-0.2, -0.15) is 11.8 Å². The molecule has 0 aliphatic carbocycles. The molecular formula is C20H25ClN2O4S. The number of hydrogen-bond acceptors (Lipinski definition) is 6. The second-order valence-corrected chi connectivity index (χ2v) is 8.45. The molecule has 1 aromatic rings. The third-order valence-corrected chi connectivity index (χ3v) is 6.50. The zero-order valence-electron chi connectivity index (χ0n) is 16.2. The molecular weight excluding hydrogens is 400 g/mol. The number of amides is 2. The van der Waals surface area contributed by atoms with Gasteiger partial charge in [-0.05, 0) is 50.0 Å². The topological polar surface area (TPSA) is 75.7 Å². The Labute approximate surface area is 174 Å². The summed E-state index contributed by atoms with van der Waals surface area (Å²) in [5.41, 5.74) is -0.390. The van der Waals surface area contributed by atoms with E-state index in [1.165, 1.54) is 4.90 Å². The monoisotopic (exact) mass is 424 g/mol. The lowest BCUT2D eigenvalue weighted by Crippen LogP contribution is -2.56. The zero-order valence-corrected chi connectivity index (χ0v) is 17.8. The number of hydrogen-bond donors (Lipinski definition) is 1. The lowest BCUT2D eigenvalue weighted by molar-refractivity contribution is -0.156. The third kappa shape index (κ3) is 3.33. The molecule has 0 unspecified atom stereocenters. The maximum absolute atomic E-state index is 13.2. The van der Waals surface area contributed by atoms with Crippen molar-refractivity contribution in [3.63, 3.8) is 0 Å². The molecule has 0 radical (unpaired) electrons. The second kappa shape index (κ2) is 8.43. The van der Waals surface area contributed by atoms with Crippen molar-refractivity contribution < 1.29 is 19.1 Å². The van der Waals surface area contributed by atoms with E-state index in [1.54, 1.807) is 37.7 Å². The predicted octanol–water partition coefficient (Wildman–Crippen LogP) is 2.66. The summed E-state index contributed by atoms with van der Waals surface area (Å²) in [6.45, 7) is 4.02. The van der Waals surface area contributed by atoms with Crippen LogP contribution in [0.5, 0.6) is 0 Å². The van der Waals surface area contributed by atoms with Crippen LogP contribution in [0.3, 0.4) is 0 Å². The van der Waals surface area contributed by atoms with Gasteiger partial charge >= 0.3 is 5.97 Å². The van der Waals surface area contributed by atoms with Crippen LogP contribution in [0.2, 0.25) is 5.02 Å². The summed E-state index contributed by atoms with van der Waals surface area (Å²) in [5, 5.41) is 3.95. The van der Waals surface area contributed by atoms with Crippen molar-refractivity contribution in [3.05, 3.63) is 34.9 Å². The van der Waals surface area contributed by atoms with Crippen LogP contribution in [-0.2, 0) is 19.1 Å². The van der Waals surface area contributed by atoms with Crippen molar-refractivity contribution in [2.75, 3.05) is 25.2 Å². The fourth-order valence-electron chi connectivity index (χ4n) is 4.37. The first-order valence-electron chi connectivity index (χ1n) is 9.45. The maximum Gasteiger partial charge on any atom is 0.327 e. The van der Waals surface area contributed by atoms with Crippen LogP contribution < -0.4 is 5.32 Å². The van der Waals surface area contributed by atoms with Crippen molar-refractivity contribution in [3.8, 4) is 0 Å². The van der Waals surface area contributed by atoms with Gasteiger partial charge in [0.05, 0.1) is 18.4 Å². The highest BCUT2D eigenvalue weighted by Gasteiger charge is 2.68. The minimum absolute atomic E-state index is 0.212. The van der Waals surface area contributed by atoms with Crippen molar-refractivity contribution in [2.24, 2.45) is 11.8 Å². The van der Waals surface area contributed by atoms with E-state index in [9.17, 15) is 14.4 Å². The van der Waals surface area contributed by atoms with Gasteiger partial charge in [-0.3, -0.25) is 24.6 Å². The molecule has 8 heteroatoms. The number of ether oxygens (including phenoxy) is 1. The number of benzene rings is 1. The number of imide groups is 1. The number of halogens is 1. The van der Waals surface area contributed by atoms with E-state index >= 15 is 0 Å². The highest BCUT2D eigenvalue weighted by Crippen LogP contribution is 2.50. The molecule has 2 fully saturated rings. The molecule has 2 saturated heterocycles. The number of carbonyl (C=O) groups is 3. The number of nitrogens with one attached hydrogen (secondary N) is 1. The van der Waals surface area contributed by atoms with Gasteiger partial charge in [0.1, 0.15) is 5.54 Å². The van der Waals surface area contributed by atoms with Crippen molar-refractivity contribution in [1.29, 1.82) is 0 Å². The molecule has 0 bridgehead atoms. The van der Waals surface area contributed by atoms with Gasteiger partial charge in [0.15, 0.2) is 0 Å². The van der Waals surface area contributed by atoms with Crippen molar-refractivity contribution >= 4 is 41.1 Å². The minimum atomic E-state index is -1.22. The minimum Gasteiger partial charge on any atom is -0.465 e. The summed E-state index contributed by atoms with van der Waals surface area (Å²) < 4.78 is 5.38. The maximum atomic E-state index is 13.2. The van der Waals surface area contributed by atoms with Crippen LogP contribution in [-0.4, -0.2) is 53.4 Å². The van der Waals surface area contributed by atoms with Gasteiger partial charge in [0, 0.05) is 17.6 Å². The zero-order chi connectivity index (χ0) is 20.5. The molecule has 1 aromatic carbocycles. The first-order valence-corrected chi connectivity index (χ1v) is 11.2. The van der Waals surface area contributed by atoms with Crippen LogP contribution in [0, 0.1) is 11.8 Å². The quantitative estimate of drug-likeness (QED) is 0.535. The highest BCUT2D eigenvalue weighted by atomic mass is 35.5. The molecule has 0 spiro atoms. The number of esters is 1. The van der Waals surface area contributed by atoms with Crippen LogP contribution >= 0.6 is 23.4 Å². The Morgan fingerprint density at radius 3 is 2.50 bits per heavy atom. The van der Waals surface area contributed by atoms with Gasteiger partial charge in [-0.25, -0.2) is 0 Å². The fraction of sp³-hybridized carbons (Fsp3) is 0.550. The van der Waals surface area contributed by atoms with E-state index in [0.29, 0.717) is 23.7 Å². The molecule has 0 saturated carbocycles. The predicted molar refractivity (Wildman–Crippen MR) is 109 cm³/mol. The second-order valence-electron chi connectivity index (χ2n) is 7.03. The lowest BCUT2D eigenvalue weighted by Gasteiger charge is -2.32. The van der Waals surface area contributed by atoms with Gasteiger partial charge in [-0.15, -0.1) is 0 Å².